The van der Waals surface area contributed by atoms with E-state index in [1.165, 1.54) is 12.1 Å². The van der Waals surface area contributed by atoms with Crippen molar-refractivity contribution in [3.05, 3.63) is 70.8 Å². The molecule has 1 aliphatic rings. The maximum atomic E-state index is 12.3. The van der Waals surface area contributed by atoms with Crippen molar-refractivity contribution in [2.45, 2.75) is 18.6 Å². The van der Waals surface area contributed by atoms with Crippen LogP contribution in [0.1, 0.15) is 37.9 Å². The van der Waals surface area contributed by atoms with E-state index in [1.54, 1.807) is 12.1 Å². The Morgan fingerprint density at radius 2 is 1.68 bits per heavy atom. The van der Waals surface area contributed by atoms with Crippen LogP contribution in [0.2, 0.25) is 0 Å². The van der Waals surface area contributed by atoms with Crippen molar-refractivity contribution in [2.24, 2.45) is 5.73 Å². The standard InChI is InChI=1S/C17H16N2O3/c18-16(21)10-5-7-11(8-6-10)17(22)19-15-13-4-2-1-3-12(13)9-14(15)20/h1-8,14-15,20H,9H2,(H2,18,21)(H,19,22). The van der Waals surface area contributed by atoms with Gasteiger partial charge in [-0.1, -0.05) is 24.3 Å². The molecule has 0 saturated heterocycles. The monoisotopic (exact) mass is 296 g/mol. The molecule has 0 bridgehead atoms. The van der Waals surface area contributed by atoms with Gasteiger partial charge in [0.2, 0.25) is 5.91 Å². The molecular weight excluding hydrogens is 280 g/mol. The van der Waals surface area contributed by atoms with Crippen molar-refractivity contribution in [3.63, 3.8) is 0 Å². The molecule has 2 unspecified atom stereocenters. The highest BCUT2D eigenvalue weighted by Gasteiger charge is 2.31. The highest BCUT2D eigenvalue weighted by Crippen LogP contribution is 2.31. The highest BCUT2D eigenvalue weighted by molar-refractivity contribution is 5.97. The van der Waals surface area contributed by atoms with Gasteiger partial charge in [0, 0.05) is 17.5 Å². The first-order chi connectivity index (χ1) is 10.6. The third-order valence-electron chi connectivity index (χ3n) is 3.92. The van der Waals surface area contributed by atoms with Gasteiger partial charge < -0.3 is 16.2 Å². The minimum atomic E-state index is -0.633. The van der Waals surface area contributed by atoms with Crippen molar-refractivity contribution in [2.75, 3.05) is 0 Å². The summed E-state index contributed by atoms with van der Waals surface area (Å²) in [6.07, 6.45) is -0.104. The largest absolute Gasteiger partial charge is 0.390 e. The average molecular weight is 296 g/mol. The van der Waals surface area contributed by atoms with Gasteiger partial charge in [-0.05, 0) is 35.4 Å². The molecule has 0 heterocycles. The molecule has 112 valence electrons. The van der Waals surface area contributed by atoms with Crippen LogP contribution in [0.5, 0.6) is 0 Å². The van der Waals surface area contributed by atoms with Crippen molar-refractivity contribution >= 4 is 11.8 Å². The van der Waals surface area contributed by atoms with Crippen molar-refractivity contribution in [1.29, 1.82) is 0 Å². The van der Waals surface area contributed by atoms with Crippen LogP contribution in [0.4, 0.5) is 0 Å². The van der Waals surface area contributed by atoms with Gasteiger partial charge in [-0.15, -0.1) is 0 Å². The van der Waals surface area contributed by atoms with E-state index >= 15 is 0 Å². The summed E-state index contributed by atoms with van der Waals surface area (Å²) < 4.78 is 0. The van der Waals surface area contributed by atoms with Gasteiger partial charge in [-0.3, -0.25) is 9.59 Å². The topological polar surface area (TPSA) is 92.4 Å². The summed E-state index contributed by atoms with van der Waals surface area (Å²) in [5, 5.41) is 13.0. The molecule has 0 fully saturated rings. The summed E-state index contributed by atoms with van der Waals surface area (Å²) >= 11 is 0. The zero-order valence-corrected chi connectivity index (χ0v) is 11.8. The Labute approximate surface area is 127 Å². The fraction of sp³-hybridized carbons (Fsp3) is 0.176. The third-order valence-corrected chi connectivity index (χ3v) is 3.92. The second-order valence-electron chi connectivity index (χ2n) is 5.36. The predicted molar refractivity (Wildman–Crippen MR) is 81.3 cm³/mol. The van der Waals surface area contributed by atoms with Crippen LogP contribution in [-0.2, 0) is 6.42 Å². The molecule has 5 nitrogen and oxygen atoms in total. The molecule has 2 aromatic rings. The van der Waals surface area contributed by atoms with Gasteiger partial charge in [0.25, 0.3) is 5.91 Å². The Morgan fingerprint density at radius 3 is 2.36 bits per heavy atom. The number of aliphatic hydroxyl groups is 1. The summed E-state index contributed by atoms with van der Waals surface area (Å²) in [6.45, 7) is 0. The predicted octanol–water partition coefficient (Wildman–Crippen LogP) is 1.17. The molecule has 0 spiro atoms. The van der Waals surface area contributed by atoms with E-state index < -0.39 is 18.1 Å². The van der Waals surface area contributed by atoms with E-state index in [2.05, 4.69) is 5.32 Å². The molecule has 2 amide bonds. The van der Waals surface area contributed by atoms with Gasteiger partial charge in [0.1, 0.15) is 0 Å². The lowest BCUT2D eigenvalue weighted by Crippen LogP contribution is -2.33. The number of carbonyl (C=O) groups is 2. The lowest BCUT2D eigenvalue weighted by molar-refractivity contribution is 0.0857. The van der Waals surface area contributed by atoms with Crippen LogP contribution in [0.25, 0.3) is 0 Å². The number of benzene rings is 2. The number of rotatable bonds is 3. The van der Waals surface area contributed by atoms with Crippen LogP contribution in [-0.4, -0.2) is 23.0 Å². The first-order valence-corrected chi connectivity index (χ1v) is 7.03. The summed E-state index contributed by atoms with van der Waals surface area (Å²) in [4.78, 5) is 23.3. The quantitative estimate of drug-likeness (QED) is 0.794. The number of aliphatic hydroxyl groups excluding tert-OH is 1. The van der Waals surface area contributed by atoms with Crippen LogP contribution >= 0.6 is 0 Å². The van der Waals surface area contributed by atoms with E-state index in [1.807, 2.05) is 24.3 Å². The second-order valence-corrected chi connectivity index (χ2v) is 5.36. The zero-order chi connectivity index (χ0) is 15.7. The van der Waals surface area contributed by atoms with Crippen molar-refractivity contribution in [1.82, 2.24) is 5.32 Å². The summed E-state index contributed by atoms with van der Waals surface area (Å²) in [6, 6.07) is 13.4. The Kier molecular flexibility index (Phi) is 3.65. The van der Waals surface area contributed by atoms with Crippen molar-refractivity contribution in [3.8, 4) is 0 Å². The fourth-order valence-electron chi connectivity index (χ4n) is 2.76. The summed E-state index contributed by atoms with van der Waals surface area (Å²) in [5.74, 6) is -0.830. The average Bonchev–Trinajstić information content (AvgIpc) is 2.83. The molecule has 4 N–H and O–H groups in total. The van der Waals surface area contributed by atoms with E-state index in [4.69, 9.17) is 5.73 Å². The van der Waals surface area contributed by atoms with Gasteiger partial charge in [-0.2, -0.15) is 0 Å². The molecular formula is C17H16N2O3. The molecule has 3 rings (SSSR count). The van der Waals surface area contributed by atoms with Gasteiger partial charge in [-0.25, -0.2) is 0 Å². The number of primary amides is 1. The number of fused-ring (bicyclic) bond motifs is 1. The molecule has 2 atom stereocenters. The molecule has 2 aromatic carbocycles. The number of nitrogens with one attached hydrogen (secondary N) is 1. The number of hydrogen-bond acceptors (Lipinski definition) is 3. The Hall–Kier alpha value is -2.66. The zero-order valence-electron chi connectivity index (χ0n) is 11.8. The molecule has 0 radical (unpaired) electrons. The fourth-order valence-corrected chi connectivity index (χ4v) is 2.76. The minimum Gasteiger partial charge on any atom is -0.390 e. The lowest BCUT2D eigenvalue weighted by atomic mass is 10.1. The maximum absolute atomic E-state index is 12.3. The van der Waals surface area contributed by atoms with Crippen molar-refractivity contribution < 1.29 is 14.7 Å². The number of nitrogens with two attached hydrogens (primary N) is 1. The van der Waals surface area contributed by atoms with Crippen LogP contribution in [0, 0.1) is 0 Å². The number of carbonyl (C=O) groups excluding carboxylic acids is 2. The van der Waals surface area contributed by atoms with Crippen LogP contribution in [0.3, 0.4) is 0 Å². The highest BCUT2D eigenvalue weighted by atomic mass is 16.3. The smallest absolute Gasteiger partial charge is 0.251 e. The summed E-state index contributed by atoms with van der Waals surface area (Å²) in [7, 11) is 0. The molecule has 22 heavy (non-hydrogen) atoms. The Morgan fingerprint density at radius 1 is 1.05 bits per heavy atom. The lowest BCUT2D eigenvalue weighted by Gasteiger charge is -2.18. The van der Waals surface area contributed by atoms with Gasteiger partial charge in [0.15, 0.2) is 0 Å². The maximum Gasteiger partial charge on any atom is 0.251 e. The normalized spacial score (nSPS) is 19.5. The van der Waals surface area contributed by atoms with Gasteiger partial charge >= 0.3 is 0 Å². The van der Waals surface area contributed by atoms with Gasteiger partial charge in [0.05, 0.1) is 12.1 Å². The summed E-state index contributed by atoms with van der Waals surface area (Å²) in [5.41, 5.74) is 7.93. The molecule has 0 aromatic heterocycles. The SMILES string of the molecule is NC(=O)c1ccc(C(=O)NC2c3ccccc3CC2O)cc1. The molecule has 0 saturated carbocycles. The molecule has 0 aliphatic heterocycles. The van der Waals surface area contributed by atoms with E-state index in [0.29, 0.717) is 17.5 Å². The second kappa shape index (κ2) is 5.61. The molecule has 5 heteroatoms. The Bertz CT molecular complexity index is 725. The first-order valence-electron chi connectivity index (χ1n) is 7.03. The van der Waals surface area contributed by atoms with Crippen LogP contribution in [0.15, 0.2) is 48.5 Å². The van der Waals surface area contributed by atoms with Crippen LogP contribution < -0.4 is 11.1 Å². The minimum absolute atomic E-state index is 0.295. The first kappa shape index (κ1) is 14.3. The van der Waals surface area contributed by atoms with E-state index in [9.17, 15) is 14.7 Å². The number of amides is 2. The van der Waals surface area contributed by atoms with E-state index in [-0.39, 0.29) is 5.91 Å². The third kappa shape index (κ3) is 2.58. The molecule has 1 aliphatic carbocycles. The number of hydrogen-bond donors (Lipinski definition) is 3. The van der Waals surface area contributed by atoms with E-state index in [0.717, 1.165) is 11.1 Å². The Balaban J connectivity index is 1.78.